The third kappa shape index (κ3) is 2.59. The quantitative estimate of drug-likeness (QED) is 0.863. The molecule has 4 nitrogen and oxygen atoms in total. The maximum Gasteiger partial charge on any atom is 0.340 e. The second-order valence-corrected chi connectivity index (χ2v) is 3.83. The van der Waals surface area contributed by atoms with Crippen molar-refractivity contribution in [2.24, 2.45) is 0 Å². The van der Waals surface area contributed by atoms with Crippen molar-refractivity contribution in [3.63, 3.8) is 0 Å². The number of rotatable bonds is 4. The summed E-state index contributed by atoms with van der Waals surface area (Å²) in [6, 6.07) is 7.70. The number of ether oxygens (including phenoxy) is 2. The molecule has 1 heterocycles. The van der Waals surface area contributed by atoms with Crippen molar-refractivity contribution >= 4 is 5.97 Å². The summed E-state index contributed by atoms with van der Waals surface area (Å²) < 4.78 is 23.8. The lowest BCUT2D eigenvalue weighted by molar-refractivity contribution is 0.0527. The lowest BCUT2D eigenvalue weighted by atomic mass is 10.1. The van der Waals surface area contributed by atoms with Crippen LogP contribution in [-0.2, 0) is 4.74 Å². The van der Waals surface area contributed by atoms with Gasteiger partial charge in [0.2, 0.25) is 0 Å². The number of H-pyrrole nitrogens is 1. The minimum Gasteiger partial charge on any atom is -0.482 e. The predicted molar refractivity (Wildman–Crippen MR) is 68.7 cm³/mol. The number of hydrogen-bond donors (Lipinski definition) is 1. The van der Waals surface area contributed by atoms with Gasteiger partial charge in [-0.25, -0.2) is 9.18 Å². The summed E-state index contributed by atoms with van der Waals surface area (Å²) in [4.78, 5) is 14.7. The Morgan fingerprint density at radius 1 is 1.37 bits per heavy atom. The van der Waals surface area contributed by atoms with Gasteiger partial charge in [0.15, 0.2) is 5.88 Å². The first-order valence-corrected chi connectivity index (χ1v) is 5.86. The molecule has 2 aromatic rings. The van der Waals surface area contributed by atoms with E-state index in [0.29, 0.717) is 17.1 Å². The normalized spacial score (nSPS) is 10.3. The van der Waals surface area contributed by atoms with Gasteiger partial charge in [0.05, 0.1) is 25.0 Å². The molecule has 0 radical (unpaired) electrons. The van der Waals surface area contributed by atoms with Crippen LogP contribution in [0.25, 0.3) is 11.3 Å². The van der Waals surface area contributed by atoms with E-state index in [1.807, 2.05) is 0 Å². The maximum absolute atomic E-state index is 13.8. The number of nitrogens with one attached hydrogen (secondary N) is 1. The van der Waals surface area contributed by atoms with Gasteiger partial charge in [-0.2, -0.15) is 0 Å². The Labute approximate surface area is 110 Å². The van der Waals surface area contributed by atoms with Gasteiger partial charge in [0.1, 0.15) is 5.82 Å². The lowest BCUT2D eigenvalue weighted by Gasteiger charge is -2.04. The number of aromatic nitrogens is 1. The van der Waals surface area contributed by atoms with Crippen LogP contribution < -0.4 is 4.74 Å². The first-order chi connectivity index (χ1) is 9.17. The van der Waals surface area contributed by atoms with Gasteiger partial charge in [0, 0.05) is 11.6 Å². The number of halogens is 1. The smallest absolute Gasteiger partial charge is 0.340 e. The van der Waals surface area contributed by atoms with Crippen molar-refractivity contribution in [2.75, 3.05) is 13.7 Å². The molecule has 0 aliphatic heterocycles. The van der Waals surface area contributed by atoms with Gasteiger partial charge in [-0.3, -0.25) is 0 Å². The van der Waals surface area contributed by atoms with Gasteiger partial charge in [-0.05, 0) is 19.1 Å². The van der Waals surface area contributed by atoms with E-state index < -0.39 is 11.8 Å². The molecule has 0 aliphatic rings. The molecule has 0 aliphatic carbocycles. The predicted octanol–water partition coefficient (Wildman–Crippen LogP) is 3.01. The molecule has 100 valence electrons. The van der Waals surface area contributed by atoms with E-state index in [1.165, 1.54) is 19.2 Å². The minimum atomic E-state index is -0.514. The number of hydrogen-bond acceptors (Lipinski definition) is 3. The SMILES string of the molecule is CCOC(=O)c1cc(OC)[nH]c1-c1ccccc1F. The third-order valence-electron chi connectivity index (χ3n) is 2.65. The highest BCUT2D eigenvalue weighted by Crippen LogP contribution is 2.29. The van der Waals surface area contributed by atoms with E-state index in [2.05, 4.69) is 4.98 Å². The van der Waals surface area contributed by atoms with E-state index in [0.717, 1.165) is 0 Å². The van der Waals surface area contributed by atoms with Crippen LogP contribution in [0.2, 0.25) is 0 Å². The minimum absolute atomic E-state index is 0.253. The molecule has 1 aromatic heterocycles. The summed E-state index contributed by atoms with van der Waals surface area (Å²) in [6.07, 6.45) is 0. The number of methoxy groups -OCH3 is 1. The van der Waals surface area contributed by atoms with Crippen molar-refractivity contribution in [3.8, 4) is 17.1 Å². The van der Waals surface area contributed by atoms with E-state index in [-0.39, 0.29) is 12.2 Å². The van der Waals surface area contributed by atoms with Gasteiger partial charge in [-0.15, -0.1) is 0 Å². The highest BCUT2D eigenvalue weighted by atomic mass is 19.1. The Kier molecular flexibility index (Phi) is 3.85. The largest absolute Gasteiger partial charge is 0.482 e. The molecular weight excluding hydrogens is 249 g/mol. The zero-order valence-electron chi connectivity index (χ0n) is 10.7. The monoisotopic (exact) mass is 263 g/mol. The summed E-state index contributed by atoms with van der Waals surface area (Å²) >= 11 is 0. The van der Waals surface area contributed by atoms with Crippen LogP contribution in [0, 0.1) is 5.82 Å². The molecule has 0 fully saturated rings. The average Bonchev–Trinajstić information content (AvgIpc) is 2.83. The van der Waals surface area contributed by atoms with Crippen molar-refractivity contribution in [1.82, 2.24) is 4.98 Å². The van der Waals surface area contributed by atoms with Crippen LogP contribution in [0.5, 0.6) is 5.88 Å². The fraction of sp³-hybridized carbons (Fsp3) is 0.214. The van der Waals surface area contributed by atoms with Gasteiger partial charge in [0.25, 0.3) is 0 Å². The second kappa shape index (κ2) is 5.56. The Morgan fingerprint density at radius 2 is 2.11 bits per heavy atom. The standard InChI is InChI=1S/C14H14FNO3/c1-3-19-14(17)10-8-12(18-2)16-13(10)9-6-4-5-7-11(9)15/h4-8,16H,3H2,1-2H3. The number of carbonyl (C=O) groups excluding carboxylic acids is 1. The van der Waals surface area contributed by atoms with Crippen molar-refractivity contribution in [1.29, 1.82) is 0 Å². The summed E-state index contributed by atoms with van der Waals surface area (Å²) in [6.45, 7) is 1.97. The average molecular weight is 263 g/mol. The van der Waals surface area contributed by atoms with Gasteiger partial charge < -0.3 is 14.5 Å². The van der Waals surface area contributed by atoms with Crippen LogP contribution in [0.15, 0.2) is 30.3 Å². The van der Waals surface area contributed by atoms with Gasteiger partial charge in [-0.1, -0.05) is 12.1 Å². The molecule has 0 amide bonds. The molecule has 0 saturated carbocycles. The number of benzene rings is 1. The summed E-state index contributed by atoms with van der Waals surface area (Å²) in [5.74, 6) is -0.556. The molecule has 2 rings (SSSR count). The third-order valence-corrected chi connectivity index (χ3v) is 2.65. The number of aromatic amines is 1. The van der Waals surface area contributed by atoms with Crippen LogP contribution in [0.4, 0.5) is 4.39 Å². The molecule has 1 aromatic carbocycles. The molecule has 0 saturated heterocycles. The Morgan fingerprint density at radius 3 is 2.74 bits per heavy atom. The van der Waals surface area contributed by atoms with Crippen LogP contribution in [0.1, 0.15) is 17.3 Å². The van der Waals surface area contributed by atoms with Crippen LogP contribution in [-0.4, -0.2) is 24.7 Å². The molecule has 1 N–H and O–H groups in total. The van der Waals surface area contributed by atoms with E-state index in [4.69, 9.17) is 9.47 Å². The zero-order valence-corrected chi connectivity index (χ0v) is 10.7. The molecule has 0 unspecified atom stereocenters. The summed E-state index contributed by atoms with van der Waals surface area (Å²) in [7, 11) is 1.46. The Hall–Kier alpha value is -2.30. The highest BCUT2D eigenvalue weighted by molar-refractivity contribution is 5.97. The lowest BCUT2D eigenvalue weighted by Crippen LogP contribution is -2.05. The summed E-state index contributed by atoms with van der Waals surface area (Å²) in [5.41, 5.74) is 0.908. The first-order valence-electron chi connectivity index (χ1n) is 5.86. The fourth-order valence-electron chi connectivity index (χ4n) is 1.79. The van der Waals surface area contributed by atoms with Crippen molar-refractivity contribution < 1.29 is 18.7 Å². The molecule has 19 heavy (non-hydrogen) atoms. The first kappa shape index (κ1) is 13.1. The summed E-state index contributed by atoms with van der Waals surface area (Å²) in [5, 5.41) is 0. The fourth-order valence-corrected chi connectivity index (χ4v) is 1.79. The zero-order chi connectivity index (χ0) is 13.8. The Bertz CT molecular complexity index is 592. The highest BCUT2D eigenvalue weighted by Gasteiger charge is 2.20. The molecule has 0 spiro atoms. The van der Waals surface area contributed by atoms with Crippen molar-refractivity contribution in [3.05, 3.63) is 41.7 Å². The topological polar surface area (TPSA) is 51.3 Å². The van der Waals surface area contributed by atoms with Gasteiger partial charge >= 0.3 is 5.97 Å². The molecule has 5 heteroatoms. The molecular formula is C14H14FNO3. The Balaban J connectivity index is 2.53. The second-order valence-electron chi connectivity index (χ2n) is 3.83. The van der Waals surface area contributed by atoms with E-state index >= 15 is 0 Å². The van der Waals surface area contributed by atoms with E-state index in [1.54, 1.807) is 25.1 Å². The van der Waals surface area contributed by atoms with E-state index in [9.17, 15) is 9.18 Å². The number of esters is 1. The molecule has 0 atom stereocenters. The van der Waals surface area contributed by atoms with Crippen LogP contribution >= 0.6 is 0 Å². The number of carbonyl (C=O) groups is 1. The van der Waals surface area contributed by atoms with Crippen LogP contribution in [0.3, 0.4) is 0 Å². The van der Waals surface area contributed by atoms with Crippen molar-refractivity contribution in [2.45, 2.75) is 6.92 Å². The maximum atomic E-state index is 13.8. The molecule has 0 bridgehead atoms.